The Morgan fingerprint density at radius 2 is 2.16 bits per heavy atom. The smallest absolute Gasteiger partial charge is 0.136 e. The summed E-state index contributed by atoms with van der Waals surface area (Å²) in [6, 6.07) is 2.39. The summed E-state index contributed by atoms with van der Waals surface area (Å²) >= 11 is 0. The van der Waals surface area contributed by atoms with E-state index >= 15 is 0 Å². The Kier molecular flexibility index (Phi) is 3.55. The molecule has 0 spiro atoms. The molecule has 5 nitrogen and oxygen atoms in total. The van der Waals surface area contributed by atoms with Crippen molar-refractivity contribution in [2.24, 2.45) is 0 Å². The summed E-state index contributed by atoms with van der Waals surface area (Å²) in [5, 5.41) is 8.99. The van der Waals surface area contributed by atoms with Crippen LogP contribution in [0.4, 0.5) is 11.6 Å². The lowest BCUT2D eigenvalue weighted by Gasteiger charge is -2.26. The normalized spacial score (nSPS) is 23.0. The molecule has 19 heavy (non-hydrogen) atoms. The van der Waals surface area contributed by atoms with E-state index in [1.54, 1.807) is 0 Å². The molecule has 2 aliphatic rings. The van der Waals surface area contributed by atoms with Crippen LogP contribution in [0.15, 0.2) is 6.07 Å². The van der Waals surface area contributed by atoms with Crippen molar-refractivity contribution >= 4 is 11.6 Å². The molecule has 1 atom stereocenters. The third-order valence-corrected chi connectivity index (χ3v) is 4.06. The maximum Gasteiger partial charge on any atom is 0.136 e. The van der Waals surface area contributed by atoms with E-state index < -0.39 is 0 Å². The van der Waals surface area contributed by atoms with Gasteiger partial charge in [-0.25, -0.2) is 9.97 Å². The second-order valence-electron chi connectivity index (χ2n) is 5.64. The van der Waals surface area contributed by atoms with Gasteiger partial charge >= 0.3 is 0 Å². The number of nitrogens with two attached hydrogens (primary N) is 1. The molecule has 1 aromatic rings. The molecule has 0 radical (unpaired) electrons. The largest absolute Gasteiger partial charge is 0.396 e. The van der Waals surface area contributed by atoms with Crippen LogP contribution < -0.4 is 10.6 Å². The minimum absolute atomic E-state index is 0.267. The highest BCUT2D eigenvalue weighted by Crippen LogP contribution is 2.39. The van der Waals surface area contributed by atoms with Gasteiger partial charge in [-0.3, -0.25) is 0 Å². The van der Waals surface area contributed by atoms with Gasteiger partial charge in [0.15, 0.2) is 0 Å². The molecule has 1 saturated heterocycles. The maximum absolute atomic E-state index is 8.99. The van der Waals surface area contributed by atoms with Crippen LogP contribution in [-0.2, 0) is 0 Å². The van der Waals surface area contributed by atoms with Crippen molar-refractivity contribution in [1.82, 2.24) is 9.97 Å². The molecule has 3 N–H and O–H groups in total. The Balaban J connectivity index is 1.79. The molecular formula is C14H22N4O. The monoisotopic (exact) mass is 262 g/mol. The van der Waals surface area contributed by atoms with E-state index in [0.29, 0.717) is 17.8 Å². The highest BCUT2D eigenvalue weighted by atomic mass is 16.2. The molecule has 1 saturated carbocycles. The zero-order chi connectivity index (χ0) is 13.2. The van der Waals surface area contributed by atoms with Gasteiger partial charge < -0.3 is 15.7 Å². The first-order valence-electron chi connectivity index (χ1n) is 7.30. The number of aliphatic hydroxyl groups is 1. The zero-order valence-electron chi connectivity index (χ0n) is 11.3. The molecule has 1 unspecified atom stereocenters. The molecule has 5 heteroatoms. The van der Waals surface area contributed by atoms with Gasteiger partial charge in [-0.1, -0.05) is 0 Å². The van der Waals surface area contributed by atoms with Crippen LogP contribution >= 0.6 is 0 Å². The van der Waals surface area contributed by atoms with Crippen LogP contribution in [0, 0.1) is 0 Å². The predicted molar refractivity (Wildman–Crippen MR) is 75.1 cm³/mol. The Bertz CT molecular complexity index is 447. The van der Waals surface area contributed by atoms with Gasteiger partial charge in [0.25, 0.3) is 0 Å². The fourth-order valence-electron chi connectivity index (χ4n) is 2.91. The summed E-state index contributed by atoms with van der Waals surface area (Å²) in [7, 11) is 0. The topological polar surface area (TPSA) is 75.3 Å². The number of nitrogens with zero attached hydrogens (tertiary/aromatic N) is 3. The van der Waals surface area contributed by atoms with E-state index in [0.717, 1.165) is 31.0 Å². The predicted octanol–water partition coefficient (Wildman–Crippen LogP) is 1.68. The van der Waals surface area contributed by atoms with Crippen LogP contribution in [-0.4, -0.2) is 34.3 Å². The van der Waals surface area contributed by atoms with Gasteiger partial charge in [0.1, 0.15) is 17.5 Å². The summed E-state index contributed by atoms with van der Waals surface area (Å²) in [6.07, 6.45) is 6.64. The number of aromatic nitrogens is 2. The van der Waals surface area contributed by atoms with Gasteiger partial charge in [0.2, 0.25) is 0 Å². The minimum Gasteiger partial charge on any atom is -0.396 e. The lowest BCUT2D eigenvalue weighted by atomic mass is 10.1. The van der Waals surface area contributed by atoms with Gasteiger partial charge in [0.05, 0.1) is 0 Å². The summed E-state index contributed by atoms with van der Waals surface area (Å²) in [4.78, 5) is 11.4. The fourth-order valence-corrected chi connectivity index (χ4v) is 2.91. The fraction of sp³-hybridized carbons (Fsp3) is 0.714. The Labute approximate surface area is 113 Å². The standard InChI is InChI=1S/C14H22N4O/c15-12-9-13(17-14(16-12)10-5-6-10)18-7-1-3-11(18)4-2-8-19/h9-11,19H,1-8H2,(H2,15,16,17). The number of nitrogen functional groups attached to an aromatic ring is 1. The average molecular weight is 262 g/mol. The van der Waals surface area contributed by atoms with Crippen molar-refractivity contribution in [3.63, 3.8) is 0 Å². The Morgan fingerprint density at radius 3 is 2.89 bits per heavy atom. The molecule has 3 rings (SSSR count). The number of hydrogen-bond donors (Lipinski definition) is 2. The van der Waals surface area contributed by atoms with Crippen LogP contribution in [0.3, 0.4) is 0 Å². The van der Waals surface area contributed by atoms with Gasteiger partial charge in [0, 0.05) is 31.2 Å². The van der Waals surface area contributed by atoms with Crippen molar-refractivity contribution in [2.45, 2.75) is 50.5 Å². The molecule has 0 amide bonds. The first-order valence-corrected chi connectivity index (χ1v) is 7.30. The molecule has 2 heterocycles. The zero-order valence-corrected chi connectivity index (χ0v) is 11.3. The molecule has 1 aromatic heterocycles. The quantitative estimate of drug-likeness (QED) is 0.844. The molecule has 2 fully saturated rings. The van der Waals surface area contributed by atoms with Crippen LogP contribution in [0.1, 0.15) is 50.3 Å². The van der Waals surface area contributed by atoms with Crippen LogP contribution in [0.5, 0.6) is 0 Å². The third-order valence-electron chi connectivity index (χ3n) is 4.06. The van der Waals surface area contributed by atoms with E-state index in [1.807, 2.05) is 6.07 Å². The van der Waals surface area contributed by atoms with E-state index in [-0.39, 0.29) is 6.61 Å². The number of anilines is 2. The minimum atomic E-state index is 0.267. The second-order valence-corrected chi connectivity index (χ2v) is 5.64. The first-order chi connectivity index (χ1) is 9.28. The summed E-state index contributed by atoms with van der Waals surface area (Å²) < 4.78 is 0. The van der Waals surface area contributed by atoms with Crippen molar-refractivity contribution in [1.29, 1.82) is 0 Å². The second kappa shape index (κ2) is 5.33. The van der Waals surface area contributed by atoms with Crippen molar-refractivity contribution in [2.75, 3.05) is 23.8 Å². The van der Waals surface area contributed by atoms with E-state index in [9.17, 15) is 0 Å². The lowest BCUT2D eigenvalue weighted by molar-refractivity contribution is 0.279. The highest BCUT2D eigenvalue weighted by molar-refractivity contribution is 5.49. The van der Waals surface area contributed by atoms with Crippen LogP contribution in [0.25, 0.3) is 0 Å². The van der Waals surface area contributed by atoms with Crippen molar-refractivity contribution in [3.05, 3.63) is 11.9 Å². The molecule has 0 aromatic carbocycles. The average Bonchev–Trinajstić information content (AvgIpc) is 3.15. The molecular weight excluding hydrogens is 240 g/mol. The molecule has 1 aliphatic heterocycles. The molecule has 104 valence electrons. The van der Waals surface area contributed by atoms with Gasteiger partial charge in [-0.2, -0.15) is 0 Å². The van der Waals surface area contributed by atoms with Crippen LogP contribution in [0.2, 0.25) is 0 Å². The SMILES string of the molecule is Nc1cc(N2CCCC2CCCO)nc(C2CC2)n1. The number of aliphatic hydroxyl groups excluding tert-OH is 1. The van der Waals surface area contributed by atoms with E-state index in [4.69, 9.17) is 15.8 Å². The number of rotatable bonds is 5. The molecule has 0 bridgehead atoms. The first kappa shape index (κ1) is 12.7. The Hall–Kier alpha value is -1.36. The lowest BCUT2D eigenvalue weighted by Crippen LogP contribution is -2.30. The van der Waals surface area contributed by atoms with E-state index in [2.05, 4.69) is 9.88 Å². The van der Waals surface area contributed by atoms with E-state index in [1.165, 1.54) is 25.7 Å². The van der Waals surface area contributed by atoms with Crippen molar-refractivity contribution in [3.8, 4) is 0 Å². The summed E-state index contributed by atoms with van der Waals surface area (Å²) in [5.74, 6) is 3.01. The van der Waals surface area contributed by atoms with Gasteiger partial charge in [-0.05, 0) is 38.5 Å². The highest BCUT2D eigenvalue weighted by Gasteiger charge is 2.30. The Morgan fingerprint density at radius 1 is 1.32 bits per heavy atom. The number of hydrogen-bond acceptors (Lipinski definition) is 5. The summed E-state index contributed by atoms with van der Waals surface area (Å²) in [6.45, 7) is 1.31. The van der Waals surface area contributed by atoms with Gasteiger partial charge in [-0.15, -0.1) is 0 Å². The third kappa shape index (κ3) is 2.81. The molecule has 1 aliphatic carbocycles. The maximum atomic E-state index is 8.99. The van der Waals surface area contributed by atoms with Crippen molar-refractivity contribution < 1.29 is 5.11 Å². The summed E-state index contributed by atoms with van der Waals surface area (Å²) in [5.41, 5.74) is 5.92.